The van der Waals surface area contributed by atoms with Crippen molar-refractivity contribution in [3.05, 3.63) is 47.9 Å². The van der Waals surface area contributed by atoms with Crippen molar-refractivity contribution in [2.45, 2.75) is 6.42 Å². The van der Waals surface area contributed by atoms with Crippen LogP contribution in [0.5, 0.6) is 0 Å². The van der Waals surface area contributed by atoms with Crippen LogP contribution in [-0.2, 0) is 11.2 Å². The van der Waals surface area contributed by atoms with Gasteiger partial charge in [-0.2, -0.15) is 0 Å². The Bertz CT molecular complexity index is 616. The van der Waals surface area contributed by atoms with Crippen LogP contribution in [0, 0.1) is 0 Å². The molecule has 0 aromatic carbocycles. The van der Waals surface area contributed by atoms with Crippen LogP contribution in [-0.4, -0.2) is 36.6 Å². The lowest BCUT2D eigenvalue weighted by Crippen LogP contribution is -2.23. The van der Waals surface area contributed by atoms with Crippen molar-refractivity contribution >= 4 is 17.5 Å². The van der Waals surface area contributed by atoms with Gasteiger partial charge in [-0.3, -0.25) is 4.98 Å². The normalized spacial score (nSPS) is 10.2. The third kappa shape index (κ3) is 3.47. The quantitative estimate of drug-likeness (QED) is 0.839. The maximum absolute atomic E-state index is 11.6. The number of nitrogens with two attached hydrogens (primary N) is 1. The Kier molecular flexibility index (Phi) is 4.71. The molecule has 6 heteroatoms. The summed E-state index contributed by atoms with van der Waals surface area (Å²) in [6, 6.07) is 5.49. The van der Waals surface area contributed by atoms with Crippen LogP contribution in [0.15, 0.2) is 36.8 Å². The van der Waals surface area contributed by atoms with E-state index in [9.17, 15) is 4.79 Å². The molecule has 0 aliphatic rings. The fourth-order valence-corrected chi connectivity index (χ4v) is 2.01. The van der Waals surface area contributed by atoms with Crippen molar-refractivity contribution in [3.8, 4) is 0 Å². The average molecular weight is 286 g/mol. The fraction of sp³-hybridized carbons (Fsp3) is 0.267. The number of hydrogen-bond donors (Lipinski definition) is 1. The third-order valence-corrected chi connectivity index (χ3v) is 3.22. The summed E-state index contributed by atoms with van der Waals surface area (Å²) in [6.07, 6.45) is 5.92. The lowest BCUT2D eigenvalue weighted by molar-refractivity contribution is 0.0602. The Labute approximate surface area is 123 Å². The molecule has 2 aromatic rings. The number of hydrogen-bond acceptors (Lipinski definition) is 6. The van der Waals surface area contributed by atoms with Crippen LogP contribution in [0.4, 0.5) is 11.5 Å². The number of aromatic nitrogens is 2. The van der Waals surface area contributed by atoms with Gasteiger partial charge in [-0.15, -0.1) is 0 Å². The van der Waals surface area contributed by atoms with Gasteiger partial charge in [0.1, 0.15) is 0 Å². The molecule has 0 unspecified atom stereocenters. The summed E-state index contributed by atoms with van der Waals surface area (Å²) in [5, 5.41) is 0. The Hall–Kier alpha value is -2.63. The third-order valence-electron chi connectivity index (χ3n) is 3.22. The average Bonchev–Trinajstić information content (AvgIpc) is 2.53. The van der Waals surface area contributed by atoms with E-state index in [0.717, 1.165) is 13.0 Å². The maximum atomic E-state index is 11.6. The number of nitrogen functional groups attached to an aromatic ring is 1. The molecule has 6 nitrogen and oxygen atoms in total. The molecule has 2 rings (SSSR count). The van der Waals surface area contributed by atoms with Gasteiger partial charge in [0, 0.05) is 32.2 Å². The minimum atomic E-state index is -0.460. The monoisotopic (exact) mass is 286 g/mol. The summed E-state index contributed by atoms with van der Waals surface area (Å²) in [7, 11) is 3.22. The summed E-state index contributed by atoms with van der Waals surface area (Å²) >= 11 is 0. The van der Waals surface area contributed by atoms with Crippen LogP contribution in [0.2, 0.25) is 0 Å². The summed E-state index contributed by atoms with van der Waals surface area (Å²) < 4.78 is 4.71. The molecule has 0 saturated carbocycles. The molecule has 2 heterocycles. The molecule has 0 aliphatic heterocycles. The second-order valence-electron chi connectivity index (χ2n) is 4.61. The number of anilines is 2. The minimum Gasteiger partial charge on any atom is -0.465 e. The number of carbonyl (C=O) groups excluding carboxylic acids is 1. The second-order valence-corrected chi connectivity index (χ2v) is 4.61. The van der Waals surface area contributed by atoms with Crippen molar-refractivity contribution < 1.29 is 9.53 Å². The summed E-state index contributed by atoms with van der Waals surface area (Å²) in [5.41, 5.74) is 7.86. The molecule has 0 aliphatic carbocycles. The summed E-state index contributed by atoms with van der Waals surface area (Å²) in [5.74, 6) is 0.116. The molecule has 0 radical (unpaired) electrons. The van der Waals surface area contributed by atoms with E-state index in [2.05, 4.69) is 9.97 Å². The Morgan fingerprint density at radius 1 is 1.29 bits per heavy atom. The number of pyridine rings is 2. The van der Waals surface area contributed by atoms with Crippen molar-refractivity contribution in [1.29, 1.82) is 0 Å². The number of likely N-dealkylation sites (N-methyl/N-ethyl adjacent to an activating group) is 1. The molecule has 0 bridgehead atoms. The first-order valence-electron chi connectivity index (χ1n) is 6.56. The van der Waals surface area contributed by atoms with Crippen molar-refractivity contribution in [2.24, 2.45) is 0 Å². The molecule has 0 amide bonds. The van der Waals surface area contributed by atoms with E-state index in [-0.39, 0.29) is 0 Å². The molecular formula is C15H18N4O2. The summed E-state index contributed by atoms with van der Waals surface area (Å²) in [4.78, 5) is 21.8. The SMILES string of the molecule is COC(=O)c1ccnc(N(C)CCc2ccncc2)c1N. The topological polar surface area (TPSA) is 81.3 Å². The number of methoxy groups -OCH3 is 1. The standard InChI is InChI=1S/C15H18N4O2/c1-19(10-6-11-3-7-17-8-4-11)14-13(16)12(5-9-18-14)15(20)21-2/h3-5,7-9H,6,10,16H2,1-2H3. The molecule has 21 heavy (non-hydrogen) atoms. The summed E-state index contributed by atoms with van der Waals surface area (Å²) in [6.45, 7) is 0.728. The van der Waals surface area contributed by atoms with Gasteiger partial charge in [0.2, 0.25) is 0 Å². The van der Waals surface area contributed by atoms with Gasteiger partial charge in [0.15, 0.2) is 5.82 Å². The first-order chi connectivity index (χ1) is 10.1. The van der Waals surface area contributed by atoms with Crippen molar-refractivity contribution in [2.75, 3.05) is 31.3 Å². The van der Waals surface area contributed by atoms with Crippen LogP contribution in [0.3, 0.4) is 0 Å². The fourth-order valence-electron chi connectivity index (χ4n) is 2.01. The molecule has 2 aromatic heterocycles. The van der Waals surface area contributed by atoms with Gasteiger partial charge < -0.3 is 15.4 Å². The van der Waals surface area contributed by atoms with Crippen LogP contribution < -0.4 is 10.6 Å². The van der Waals surface area contributed by atoms with E-state index < -0.39 is 5.97 Å². The van der Waals surface area contributed by atoms with E-state index in [4.69, 9.17) is 10.5 Å². The minimum absolute atomic E-state index is 0.332. The van der Waals surface area contributed by atoms with Crippen LogP contribution >= 0.6 is 0 Å². The molecule has 0 fully saturated rings. The van der Waals surface area contributed by atoms with E-state index >= 15 is 0 Å². The van der Waals surface area contributed by atoms with Crippen molar-refractivity contribution in [3.63, 3.8) is 0 Å². The highest BCUT2D eigenvalue weighted by Gasteiger charge is 2.16. The number of carbonyl (C=O) groups is 1. The molecule has 0 spiro atoms. The van der Waals surface area contributed by atoms with Gasteiger partial charge in [-0.05, 0) is 30.2 Å². The number of ether oxygens (including phenoxy) is 1. The van der Waals surface area contributed by atoms with Gasteiger partial charge in [-0.25, -0.2) is 9.78 Å². The lowest BCUT2D eigenvalue weighted by atomic mass is 10.2. The van der Waals surface area contributed by atoms with Gasteiger partial charge in [0.25, 0.3) is 0 Å². The van der Waals surface area contributed by atoms with E-state index in [1.165, 1.54) is 12.7 Å². The number of nitrogens with zero attached hydrogens (tertiary/aromatic N) is 3. The Balaban J connectivity index is 2.12. The smallest absolute Gasteiger partial charge is 0.340 e. The zero-order valence-electron chi connectivity index (χ0n) is 12.1. The lowest BCUT2D eigenvalue weighted by Gasteiger charge is -2.20. The van der Waals surface area contributed by atoms with E-state index in [1.807, 2.05) is 24.1 Å². The van der Waals surface area contributed by atoms with Crippen LogP contribution in [0.1, 0.15) is 15.9 Å². The first-order valence-corrected chi connectivity index (χ1v) is 6.56. The largest absolute Gasteiger partial charge is 0.465 e. The zero-order valence-corrected chi connectivity index (χ0v) is 12.1. The molecule has 110 valence electrons. The number of rotatable bonds is 5. The van der Waals surface area contributed by atoms with Gasteiger partial charge in [0.05, 0.1) is 18.4 Å². The van der Waals surface area contributed by atoms with E-state index in [1.54, 1.807) is 24.7 Å². The predicted octanol–water partition coefficient (Wildman–Crippen LogP) is 1.52. The Morgan fingerprint density at radius 3 is 2.67 bits per heavy atom. The highest BCUT2D eigenvalue weighted by Crippen LogP contribution is 2.23. The van der Waals surface area contributed by atoms with Gasteiger partial charge in [-0.1, -0.05) is 0 Å². The Morgan fingerprint density at radius 2 is 2.00 bits per heavy atom. The molecule has 0 saturated heterocycles. The van der Waals surface area contributed by atoms with Gasteiger partial charge >= 0.3 is 5.97 Å². The highest BCUT2D eigenvalue weighted by molar-refractivity contribution is 5.97. The second kappa shape index (κ2) is 6.69. The predicted molar refractivity (Wildman–Crippen MR) is 81.2 cm³/mol. The molecule has 0 atom stereocenters. The van der Waals surface area contributed by atoms with Crippen molar-refractivity contribution in [1.82, 2.24) is 9.97 Å². The van der Waals surface area contributed by atoms with Crippen LogP contribution in [0.25, 0.3) is 0 Å². The maximum Gasteiger partial charge on any atom is 0.340 e. The molecular weight excluding hydrogens is 268 g/mol. The molecule has 2 N–H and O–H groups in total. The van der Waals surface area contributed by atoms with E-state index in [0.29, 0.717) is 17.1 Å². The zero-order chi connectivity index (χ0) is 15.2. The first kappa shape index (κ1) is 14.8. The highest BCUT2D eigenvalue weighted by atomic mass is 16.5. The number of esters is 1.